The first-order valence-corrected chi connectivity index (χ1v) is 5.91. The number of benzene rings is 1. The minimum Gasteiger partial charge on any atom is -0.369 e. The molecule has 0 atom stereocenters. The van der Waals surface area contributed by atoms with Gasteiger partial charge in [-0.1, -0.05) is 24.6 Å². The van der Waals surface area contributed by atoms with Crippen LogP contribution in [0.15, 0.2) is 22.1 Å². The van der Waals surface area contributed by atoms with Crippen LogP contribution in [0.5, 0.6) is 0 Å². The Kier molecular flexibility index (Phi) is 4.71. The van der Waals surface area contributed by atoms with Gasteiger partial charge in [-0.3, -0.25) is 4.99 Å². The Hall–Kier alpha value is -2.04. The summed E-state index contributed by atoms with van der Waals surface area (Å²) >= 11 is 0. The molecule has 0 aromatic heterocycles. The van der Waals surface area contributed by atoms with Gasteiger partial charge < -0.3 is 16.8 Å². The molecule has 5 nitrogen and oxygen atoms in total. The van der Waals surface area contributed by atoms with Gasteiger partial charge in [0, 0.05) is 12.7 Å². The van der Waals surface area contributed by atoms with Crippen molar-refractivity contribution in [1.82, 2.24) is 0 Å². The zero-order chi connectivity index (χ0) is 13.7. The maximum Gasteiger partial charge on any atom is 0.218 e. The number of nitrogens with two attached hydrogens (primary N) is 2. The third-order valence-electron chi connectivity index (χ3n) is 2.66. The van der Waals surface area contributed by atoms with E-state index < -0.39 is 0 Å². The first-order valence-electron chi connectivity index (χ1n) is 5.91. The van der Waals surface area contributed by atoms with Crippen LogP contribution in [0.3, 0.4) is 0 Å². The predicted molar refractivity (Wildman–Crippen MR) is 78.1 cm³/mol. The summed E-state index contributed by atoms with van der Waals surface area (Å²) in [5.74, 6) is 0.405. The number of rotatable bonds is 2. The second-order valence-electron chi connectivity index (χ2n) is 4.17. The summed E-state index contributed by atoms with van der Waals surface area (Å²) in [6.45, 7) is 6.22. The van der Waals surface area contributed by atoms with Crippen molar-refractivity contribution >= 4 is 17.6 Å². The molecule has 0 aliphatic carbocycles. The van der Waals surface area contributed by atoms with Gasteiger partial charge in [0.25, 0.3) is 0 Å². The molecule has 0 aliphatic heterocycles. The van der Waals surface area contributed by atoms with Gasteiger partial charge in [-0.2, -0.15) is 4.99 Å². The van der Waals surface area contributed by atoms with E-state index in [0.717, 1.165) is 17.7 Å². The fourth-order valence-corrected chi connectivity index (χ4v) is 1.84. The van der Waals surface area contributed by atoms with Crippen LogP contribution in [0.1, 0.15) is 23.6 Å². The largest absolute Gasteiger partial charge is 0.369 e. The summed E-state index contributed by atoms with van der Waals surface area (Å²) in [5.41, 5.74) is 15.9. The molecule has 5 N–H and O–H groups in total. The highest BCUT2D eigenvalue weighted by molar-refractivity contribution is 6.01. The van der Waals surface area contributed by atoms with Crippen molar-refractivity contribution in [3.05, 3.63) is 28.8 Å². The SMILES string of the molecule is CCc1cc(C)cc(C)c1N/C(N)=N/C(N)=NC. The van der Waals surface area contributed by atoms with Crippen LogP contribution in [-0.2, 0) is 6.42 Å². The van der Waals surface area contributed by atoms with Gasteiger partial charge in [0.15, 0.2) is 0 Å². The van der Waals surface area contributed by atoms with Gasteiger partial charge in [-0.15, -0.1) is 0 Å². The number of aryl methyl sites for hydroxylation is 3. The number of nitrogens with zero attached hydrogens (tertiary/aromatic N) is 2. The molecule has 0 radical (unpaired) electrons. The molecule has 1 rings (SSSR count). The molecule has 18 heavy (non-hydrogen) atoms. The number of anilines is 1. The third-order valence-corrected chi connectivity index (χ3v) is 2.66. The summed E-state index contributed by atoms with van der Waals surface area (Å²) in [4.78, 5) is 7.68. The van der Waals surface area contributed by atoms with Crippen LogP contribution in [0.25, 0.3) is 0 Å². The zero-order valence-corrected chi connectivity index (χ0v) is 11.4. The lowest BCUT2D eigenvalue weighted by Gasteiger charge is -2.14. The highest BCUT2D eigenvalue weighted by Crippen LogP contribution is 2.23. The lowest BCUT2D eigenvalue weighted by atomic mass is 10.0. The van der Waals surface area contributed by atoms with Crippen LogP contribution in [0.4, 0.5) is 5.69 Å². The van der Waals surface area contributed by atoms with Crippen molar-refractivity contribution in [3.63, 3.8) is 0 Å². The lowest BCUT2D eigenvalue weighted by molar-refractivity contribution is 1.12. The van der Waals surface area contributed by atoms with Gasteiger partial charge >= 0.3 is 0 Å². The Bertz CT molecular complexity index is 488. The quantitative estimate of drug-likeness (QED) is 0.547. The van der Waals surface area contributed by atoms with E-state index in [1.807, 2.05) is 6.92 Å². The standard InChI is InChI=1S/C13H21N5/c1-5-10-7-8(2)6-9(3)11(10)17-13(15)18-12(14)16-4/h6-7H,5H2,1-4H3,(H5,14,15,16,17,18). The maximum atomic E-state index is 5.79. The molecule has 0 unspecified atom stereocenters. The minimum absolute atomic E-state index is 0.155. The van der Waals surface area contributed by atoms with Crippen LogP contribution >= 0.6 is 0 Å². The molecule has 0 fully saturated rings. The van der Waals surface area contributed by atoms with Crippen LogP contribution < -0.4 is 16.8 Å². The van der Waals surface area contributed by atoms with E-state index in [0.29, 0.717) is 0 Å². The highest BCUT2D eigenvalue weighted by atomic mass is 15.2. The molecule has 0 saturated heterocycles. The Morgan fingerprint density at radius 2 is 1.94 bits per heavy atom. The molecule has 1 aromatic rings. The number of aliphatic imine (C=N–C) groups is 2. The average molecular weight is 247 g/mol. The van der Waals surface area contributed by atoms with E-state index in [9.17, 15) is 0 Å². The van der Waals surface area contributed by atoms with Gasteiger partial charge in [0.2, 0.25) is 11.9 Å². The van der Waals surface area contributed by atoms with Gasteiger partial charge in [0.1, 0.15) is 0 Å². The fourth-order valence-electron chi connectivity index (χ4n) is 1.84. The summed E-state index contributed by atoms with van der Waals surface area (Å²) in [7, 11) is 1.57. The van der Waals surface area contributed by atoms with Crippen LogP contribution in [-0.4, -0.2) is 19.0 Å². The zero-order valence-electron chi connectivity index (χ0n) is 11.4. The van der Waals surface area contributed by atoms with E-state index in [1.54, 1.807) is 7.05 Å². The van der Waals surface area contributed by atoms with Crippen molar-refractivity contribution in [2.24, 2.45) is 21.5 Å². The average Bonchev–Trinajstić information content (AvgIpc) is 2.31. The van der Waals surface area contributed by atoms with E-state index in [-0.39, 0.29) is 11.9 Å². The molecule has 0 spiro atoms. The van der Waals surface area contributed by atoms with Crippen LogP contribution in [0.2, 0.25) is 0 Å². The smallest absolute Gasteiger partial charge is 0.218 e. The minimum atomic E-state index is 0.155. The molecule has 5 heteroatoms. The molecule has 0 aliphatic rings. The number of hydrogen-bond donors (Lipinski definition) is 3. The molecule has 0 saturated carbocycles. The lowest BCUT2D eigenvalue weighted by Crippen LogP contribution is -2.27. The molecular formula is C13H21N5. The molecule has 0 amide bonds. The summed E-state index contributed by atoms with van der Waals surface area (Å²) in [6, 6.07) is 4.24. The van der Waals surface area contributed by atoms with E-state index >= 15 is 0 Å². The van der Waals surface area contributed by atoms with Crippen molar-refractivity contribution in [2.45, 2.75) is 27.2 Å². The van der Waals surface area contributed by atoms with Gasteiger partial charge in [-0.25, -0.2) is 0 Å². The van der Waals surface area contributed by atoms with Crippen molar-refractivity contribution < 1.29 is 0 Å². The first-order chi connectivity index (χ1) is 8.47. The normalized spacial score (nSPS) is 12.7. The summed E-state index contributed by atoms with van der Waals surface area (Å²) in [5, 5.41) is 3.09. The van der Waals surface area contributed by atoms with Crippen molar-refractivity contribution in [3.8, 4) is 0 Å². The number of nitrogens with one attached hydrogen (secondary N) is 1. The van der Waals surface area contributed by atoms with Gasteiger partial charge in [-0.05, 0) is 31.4 Å². The monoisotopic (exact) mass is 247 g/mol. The van der Waals surface area contributed by atoms with Crippen LogP contribution in [0, 0.1) is 13.8 Å². The second kappa shape index (κ2) is 6.05. The molecule has 0 heterocycles. The summed E-state index contributed by atoms with van der Waals surface area (Å²) in [6.07, 6.45) is 0.926. The molecule has 0 bridgehead atoms. The Balaban J connectivity index is 3.08. The van der Waals surface area contributed by atoms with Crippen molar-refractivity contribution in [2.75, 3.05) is 12.4 Å². The molecule has 98 valence electrons. The Morgan fingerprint density at radius 3 is 2.50 bits per heavy atom. The topological polar surface area (TPSA) is 88.8 Å². The molecular weight excluding hydrogens is 226 g/mol. The first kappa shape index (κ1) is 14.0. The Labute approximate surface area is 108 Å². The van der Waals surface area contributed by atoms with E-state index in [2.05, 4.69) is 41.3 Å². The number of hydrogen-bond acceptors (Lipinski definition) is 1. The fraction of sp³-hybridized carbons (Fsp3) is 0.385. The third kappa shape index (κ3) is 3.48. The maximum absolute atomic E-state index is 5.79. The predicted octanol–water partition coefficient (Wildman–Crippen LogP) is 1.54. The van der Waals surface area contributed by atoms with Crippen molar-refractivity contribution in [1.29, 1.82) is 0 Å². The highest BCUT2D eigenvalue weighted by Gasteiger charge is 2.07. The second-order valence-corrected chi connectivity index (χ2v) is 4.17. The van der Waals surface area contributed by atoms with E-state index in [1.165, 1.54) is 11.1 Å². The Morgan fingerprint density at radius 1 is 1.28 bits per heavy atom. The number of guanidine groups is 2. The van der Waals surface area contributed by atoms with E-state index in [4.69, 9.17) is 11.5 Å². The summed E-state index contributed by atoms with van der Waals surface area (Å²) < 4.78 is 0. The molecule has 1 aromatic carbocycles. The van der Waals surface area contributed by atoms with Gasteiger partial charge in [0.05, 0.1) is 0 Å².